The molecule has 2 aromatic heterocycles. The number of aryl methyl sites for hydroxylation is 1. The molecule has 0 atom stereocenters. The molecule has 3 rings (SSSR count). The second-order valence-electron chi connectivity index (χ2n) is 6.14. The van der Waals surface area contributed by atoms with Gasteiger partial charge < -0.3 is 9.88 Å². The van der Waals surface area contributed by atoms with E-state index < -0.39 is 21.9 Å². The number of alkyl halides is 3. The molecule has 0 aliphatic rings. The molecule has 3 N–H and O–H groups in total. The van der Waals surface area contributed by atoms with Crippen molar-refractivity contribution in [1.29, 1.82) is 0 Å². The molecule has 148 valence electrons. The van der Waals surface area contributed by atoms with Crippen molar-refractivity contribution < 1.29 is 21.6 Å². The Morgan fingerprint density at radius 1 is 1.14 bits per heavy atom. The third-order valence-corrected chi connectivity index (χ3v) is 5.07. The van der Waals surface area contributed by atoms with E-state index in [0.29, 0.717) is 28.2 Å². The van der Waals surface area contributed by atoms with E-state index in [2.05, 4.69) is 15.3 Å². The maximum atomic E-state index is 12.7. The predicted octanol–water partition coefficient (Wildman–Crippen LogP) is 3.20. The molecule has 28 heavy (non-hydrogen) atoms. The SMILES string of the molecule is Cc1c(S(N)(=O)=O)ccc(Nc2ccc(C(F)(F)F)nc2)c1-c1cn(C)cn1. The molecule has 0 saturated carbocycles. The van der Waals surface area contributed by atoms with Crippen LogP contribution in [-0.4, -0.2) is 23.0 Å². The van der Waals surface area contributed by atoms with Crippen LogP contribution in [0.2, 0.25) is 0 Å². The summed E-state index contributed by atoms with van der Waals surface area (Å²) in [6.07, 6.45) is -0.257. The predicted molar refractivity (Wildman–Crippen MR) is 97.3 cm³/mol. The van der Waals surface area contributed by atoms with Gasteiger partial charge in [0.1, 0.15) is 5.69 Å². The van der Waals surface area contributed by atoms with Crippen LogP contribution >= 0.6 is 0 Å². The summed E-state index contributed by atoms with van der Waals surface area (Å²) < 4.78 is 63.4. The van der Waals surface area contributed by atoms with Crippen LogP contribution in [0.25, 0.3) is 11.3 Å². The van der Waals surface area contributed by atoms with E-state index in [1.165, 1.54) is 18.2 Å². The highest BCUT2D eigenvalue weighted by Gasteiger charge is 2.32. The van der Waals surface area contributed by atoms with Gasteiger partial charge >= 0.3 is 6.18 Å². The lowest BCUT2D eigenvalue weighted by Crippen LogP contribution is -2.14. The van der Waals surface area contributed by atoms with Crippen LogP contribution in [0.3, 0.4) is 0 Å². The van der Waals surface area contributed by atoms with Crippen molar-refractivity contribution in [2.24, 2.45) is 12.2 Å². The van der Waals surface area contributed by atoms with Crippen LogP contribution in [0.4, 0.5) is 24.5 Å². The Morgan fingerprint density at radius 3 is 2.36 bits per heavy atom. The highest BCUT2D eigenvalue weighted by atomic mass is 32.2. The zero-order chi connectivity index (χ0) is 20.7. The number of benzene rings is 1. The zero-order valence-corrected chi connectivity index (χ0v) is 15.6. The molecule has 1 aromatic carbocycles. The molecule has 3 aromatic rings. The van der Waals surface area contributed by atoms with Gasteiger partial charge in [0, 0.05) is 24.5 Å². The topological polar surface area (TPSA) is 103 Å². The molecular formula is C17H16F3N5O2S. The lowest BCUT2D eigenvalue weighted by atomic mass is 10.0. The van der Waals surface area contributed by atoms with Gasteiger partial charge in [-0.15, -0.1) is 0 Å². The minimum Gasteiger partial charge on any atom is -0.354 e. The number of hydrogen-bond acceptors (Lipinski definition) is 5. The van der Waals surface area contributed by atoms with E-state index in [1.54, 1.807) is 31.1 Å². The number of pyridine rings is 1. The van der Waals surface area contributed by atoms with Gasteiger partial charge in [-0.25, -0.2) is 23.5 Å². The van der Waals surface area contributed by atoms with Gasteiger partial charge in [-0.1, -0.05) is 0 Å². The van der Waals surface area contributed by atoms with E-state index in [4.69, 9.17) is 5.14 Å². The normalized spacial score (nSPS) is 12.2. The van der Waals surface area contributed by atoms with Gasteiger partial charge in [0.2, 0.25) is 10.0 Å². The lowest BCUT2D eigenvalue weighted by molar-refractivity contribution is -0.141. The molecule has 7 nitrogen and oxygen atoms in total. The second-order valence-corrected chi connectivity index (χ2v) is 7.67. The van der Waals surface area contributed by atoms with Crippen molar-refractivity contribution >= 4 is 21.4 Å². The molecule has 0 radical (unpaired) electrons. The minimum absolute atomic E-state index is 0.0655. The van der Waals surface area contributed by atoms with Crippen LogP contribution in [0, 0.1) is 6.92 Å². The summed E-state index contributed by atoms with van der Waals surface area (Å²) in [6.45, 7) is 1.58. The molecule has 11 heteroatoms. The van der Waals surface area contributed by atoms with E-state index >= 15 is 0 Å². The Morgan fingerprint density at radius 2 is 1.86 bits per heavy atom. The summed E-state index contributed by atoms with van der Waals surface area (Å²) in [6, 6.07) is 4.90. The van der Waals surface area contributed by atoms with E-state index in [9.17, 15) is 21.6 Å². The van der Waals surface area contributed by atoms with Crippen molar-refractivity contribution in [3.63, 3.8) is 0 Å². The number of halogens is 3. The molecule has 0 unspecified atom stereocenters. The van der Waals surface area contributed by atoms with Gasteiger partial charge in [0.15, 0.2) is 0 Å². The molecule has 0 bridgehead atoms. The number of hydrogen-bond donors (Lipinski definition) is 2. The Balaban J connectivity index is 2.09. The van der Waals surface area contributed by atoms with Crippen LogP contribution in [0.15, 0.2) is 47.9 Å². The number of imidazole rings is 1. The molecule has 0 saturated heterocycles. The number of nitrogens with two attached hydrogens (primary N) is 1. The number of sulfonamides is 1. The quantitative estimate of drug-likeness (QED) is 0.686. The van der Waals surface area contributed by atoms with E-state index in [0.717, 1.165) is 12.3 Å². The minimum atomic E-state index is -4.54. The molecule has 2 heterocycles. The van der Waals surface area contributed by atoms with E-state index in [1.807, 2.05) is 0 Å². The second kappa shape index (κ2) is 6.91. The molecule has 0 fully saturated rings. The average Bonchev–Trinajstić information content (AvgIpc) is 2.99. The first-order valence-electron chi connectivity index (χ1n) is 7.92. The maximum Gasteiger partial charge on any atom is 0.433 e. The Bertz CT molecular complexity index is 1120. The first-order valence-corrected chi connectivity index (χ1v) is 9.46. The summed E-state index contributed by atoms with van der Waals surface area (Å²) in [5.74, 6) is 0. The van der Waals surface area contributed by atoms with Gasteiger partial charge in [-0.2, -0.15) is 13.2 Å². The Kier molecular flexibility index (Phi) is 4.90. The monoisotopic (exact) mass is 411 g/mol. The van der Waals surface area contributed by atoms with E-state index in [-0.39, 0.29) is 4.90 Å². The third-order valence-electron chi connectivity index (χ3n) is 4.02. The fourth-order valence-electron chi connectivity index (χ4n) is 2.77. The Hall–Kier alpha value is -2.92. The van der Waals surface area contributed by atoms with Crippen LogP contribution in [0.5, 0.6) is 0 Å². The number of rotatable bonds is 4. The third kappa shape index (κ3) is 3.99. The summed E-state index contributed by atoms with van der Waals surface area (Å²) in [4.78, 5) is 7.58. The first-order chi connectivity index (χ1) is 13.0. The van der Waals surface area contributed by atoms with Crippen LogP contribution in [-0.2, 0) is 23.2 Å². The summed E-state index contributed by atoms with van der Waals surface area (Å²) in [5.41, 5.74) is 1.05. The number of nitrogens with one attached hydrogen (secondary N) is 1. The van der Waals surface area contributed by atoms with Crippen molar-refractivity contribution in [2.45, 2.75) is 18.0 Å². The smallest absolute Gasteiger partial charge is 0.354 e. The molecule has 0 aliphatic carbocycles. The summed E-state index contributed by atoms with van der Waals surface area (Å²) in [7, 11) is -2.22. The van der Waals surface area contributed by atoms with Crippen molar-refractivity contribution in [3.05, 3.63) is 54.2 Å². The summed E-state index contributed by atoms with van der Waals surface area (Å²) in [5, 5.41) is 8.24. The molecule has 0 spiro atoms. The number of anilines is 2. The fraction of sp³-hybridized carbons (Fsp3) is 0.176. The van der Waals surface area contributed by atoms with Gasteiger partial charge in [-0.3, -0.25) is 0 Å². The molecule has 0 amide bonds. The lowest BCUT2D eigenvalue weighted by Gasteiger charge is -2.16. The van der Waals surface area contributed by atoms with Crippen LogP contribution in [0.1, 0.15) is 11.3 Å². The van der Waals surface area contributed by atoms with Crippen molar-refractivity contribution in [2.75, 3.05) is 5.32 Å². The highest BCUT2D eigenvalue weighted by molar-refractivity contribution is 7.89. The van der Waals surface area contributed by atoms with Crippen molar-refractivity contribution in [3.8, 4) is 11.3 Å². The standard InChI is InChI=1S/C17H16F3N5O2S/c1-10-14(28(21,26)27)5-4-12(16(10)13-8-25(2)9-23-13)24-11-3-6-15(22-7-11)17(18,19)20/h3-9,24H,1-2H3,(H2,21,26,27). The van der Waals surface area contributed by atoms with Crippen LogP contribution < -0.4 is 10.5 Å². The Labute approximate surface area is 159 Å². The zero-order valence-electron chi connectivity index (χ0n) is 14.8. The fourth-order valence-corrected chi connectivity index (χ4v) is 3.55. The molecule has 0 aliphatic heterocycles. The number of primary sulfonamides is 1. The van der Waals surface area contributed by atoms with Crippen molar-refractivity contribution in [1.82, 2.24) is 14.5 Å². The average molecular weight is 411 g/mol. The molecular weight excluding hydrogens is 395 g/mol. The maximum absolute atomic E-state index is 12.7. The van der Waals surface area contributed by atoms with Gasteiger partial charge in [0.25, 0.3) is 0 Å². The summed E-state index contributed by atoms with van der Waals surface area (Å²) >= 11 is 0. The number of nitrogens with zero attached hydrogens (tertiary/aromatic N) is 3. The first kappa shape index (κ1) is 19.8. The van der Waals surface area contributed by atoms with Gasteiger partial charge in [0.05, 0.1) is 28.8 Å². The largest absolute Gasteiger partial charge is 0.433 e. The highest BCUT2D eigenvalue weighted by Crippen LogP contribution is 2.36. The number of aromatic nitrogens is 3. The van der Waals surface area contributed by atoms with Gasteiger partial charge in [-0.05, 0) is 36.8 Å².